The number of carbonyl (C=O) groups excluding carboxylic acids is 3. The molecular formula is C19H28IN4O3-. The maximum atomic E-state index is 12.2. The number of halogens is 1. The maximum absolute atomic E-state index is 12.2. The van der Waals surface area contributed by atoms with Crippen LogP contribution in [0.25, 0.3) is 0 Å². The van der Waals surface area contributed by atoms with Gasteiger partial charge in [0.15, 0.2) is 0 Å². The standard InChI is InChI=1S/C19H28IN4O3/c1-14-17(23-19(27)21-14)9-4-3-5-10-18(26)24(2)13-20-11-15-7-6-8-16(12-25)22-15/h6-8,12,14,17H,3-5,9-11,13H2,1-2H3,(H2,21,23,27)/q-1/t14-,17+/m0/s1. The number of urea groups is 1. The molecule has 0 bridgehead atoms. The van der Waals surface area contributed by atoms with Crippen LogP contribution in [0.5, 0.6) is 0 Å². The van der Waals surface area contributed by atoms with E-state index in [-0.39, 0.29) is 45.2 Å². The number of carbonyl (C=O) groups is 3. The normalized spacial score (nSPS) is 18.8. The molecule has 8 heteroatoms. The third-order valence-electron chi connectivity index (χ3n) is 4.55. The number of aromatic nitrogens is 1. The summed E-state index contributed by atoms with van der Waals surface area (Å²) in [5, 5.41) is 5.77. The minimum absolute atomic E-state index is 0.0827. The fourth-order valence-corrected chi connectivity index (χ4v) is 5.27. The molecule has 2 atom stereocenters. The summed E-state index contributed by atoms with van der Waals surface area (Å²) in [6.45, 7) is 2.01. The Hall–Kier alpha value is -1.71. The molecule has 1 aromatic heterocycles. The van der Waals surface area contributed by atoms with Gasteiger partial charge in [-0.3, -0.25) is 0 Å². The van der Waals surface area contributed by atoms with Gasteiger partial charge in [-0.05, 0) is 0 Å². The predicted octanol–water partition coefficient (Wildman–Crippen LogP) is -1.08. The van der Waals surface area contributed by atoms with E-state index in [9.17, 15) is 14.4 Å². The van der Waals surface area contributed by atoms with Crippen molar-refractivity contribution < 1.29 is 35.6 Å². The summed E-state index contributed by atoms with van der Waals surface area (Å²) in [5.74, 6) is 0.188. The van der Waals surface area contributed by atoms with Gasteiger partial charge in [0.05, 0.1) is 0 Å². The van der Waals surface area contributed by atoms with Crippen molar-refractivity contribution in [1.82, 2.24) is 20.5 Å². The first-order valence-electron chi connectivity index (χ1n) is 9.25. The molecule has 27 heavy (non-hydrogen) atoms. The zero-order valence-corrected chi connectivity index (χ0v) is 18.1. The molecule has 0 spiro atoms. The topological polar surface area (TPSA) is 91.4 Å². The molecule has 1 fully saturated rings. The number of hydrogen-bond acceptors (Lipinski definition) is 4. The van der Waals surface area contributed by atoms with E-state index in [2.05, 4.69) is 15.6 Å². The van der Waals surface area contributed by atoms with Crippen LogP contribution in [0.3, 0.4) is 0 Å². The number of nitrogens with one attached hydrogen (secondary N) is 2. The molecule has 1 aliphatic rings. The number of amides is 3. The Bertz CT molecular complexity index is 656. The summed E-state index contributed by atoms with van der Waals surface area (Å²) in [5.41, 5.74) is 1.39. The summed E-state index contributed by atoms with van der Waals surface area (Å²) in [6.07, 6.45) is 5.17. The molecule has 1 aromatic rings. The SMILES string of the molecule is C[C@@H]1NC(=O)N[C@@H]1CCCCCC(=O)N(C)C[I-]Cc1cccc(C=O)n1. The van der Waals surface area contributed by atoms with Crippen molar-refractivity contribution in [2.45, 2.75) is 55.5 Å². The Kier molecular flexibility index (Phi) is 8.96. The van der Waals surface area contributed by atoms with E-state index in [1.807, 2.05) is 31.0 Å². The zero-order valence-electron chi connectivity index (χ0n) is 15.9. The Balaban J connectivity index is 1.55. The van der Waals surface area contributed by atoms with Crippen LogP contribution in [0.15, 0.2) is 18.2 Å². The summed E-state index contributed by atoms with van der Waals surface area (Å²) in [6, 6.07) is 5.77. The van der Waals surface area contributed by atoms with Crippen molar-refractivity contribution in [2.24, 2.45) is 0 Å². The number of alkyl halides is 2. The van der Waals surface area contributed by atoms with E-state index in [1.54, 1.807) is 6.07 Å². The molecule has 0 aromatic carbocycles. The third-order valence-corrected chi connectivity index (χ3v) is 7.38. The van der Waals surface area contributed by atoms with Crippen molar-refractivity contribution in [1.29, 1.82) is 0 Å². The van der Waals surface area contributed by atoms with Crippen molar-refractivity contribution in [3.05, 3.63) is 29.6 Å². The van der Waals surface area contributed by atoms with Gasteiger partial charge in [-0.1, -0.05) is 0 Å². The molecule has 0 radical (unpaired) electrons. The van der Waals surface area contributed by atoms with E-state index in [4.69, 9.17) is 0 Å². The first-order valence-corrected chi connectivity index (χ1v) is 12.3. The number of unbranched alkanes of at least 4 members (excludes halogenated alkanes) is 2. The monoisotopic (exact) mass is 487 g/mol. The molecule has 1 aliphatic heterocycles. The van der Waals surface area contributed by atoms with Crippen LogP contribution in [0.2, 0.25) is 0 Å². The van der Waals surface area contributed by atoms with Crippen LogP contribution >= 0.6 is 0 Å². The van der Waals surface area contributed by atoms with Crippen LogP contribution in [-0.2, 0) is 9.22 Å². The number of rotatable bonds is 11. The summed E-state index contributed by atoms with van der Waals surface area (Å²) in [7, 11) is 1.86. The molecule has 0 saturated carbocycles. The molecular weight excluding hydrogens is 459 g/mol. The van der Waals surface area contributed by atoms with Crippen molar-refractivity contribution >= 4 is 18.2 Å². The van der Waals surface area contributed by atoms with Crippen LogP contribution in [0.1, 0.15) is 55.2 Å². The van der Waals surface area contributed by atoms with E-state index in [1.165, 1.54) is 0 Å². The predicted molar refractivity (Wildman–Crippen MR) is 99.0 cm³/mol. The van der Waals surface area contributed by atoms with Crippen LogP contribution in [0.4, 0.5) is 4.79 Å². The van der Waals surface area contributed by atoms with Gasteiger partial charge in [0.1, 0.15) is 0 Å². The average Bonchev–Trinajstić information content (AvgIpc) is 2.98. The molecule has 2 N–H and O–H groups in total. The number of hydrogen-bond donors (Lipinski definition) is 2. The molecule has 3 amide bonds. The number of nitrogens with zero attached hydrogens (tertiary/aromatic N) is 2. The molecule has 2 rings (SSSR count). The molecule has 2 heterocycles. The molecule has 0 unspecified atom stereocenters. The molecule has 7 nitrogen and oxygen atoms in total. The first-order chi connectivity index (χ1) is 13.0. The van der Waals surface area contributed by atoms with Gasteiger partial charge in [0.25, 0.3) is 0 Å². The van der Waals surface area contributed by atoms with E-state index in [0.717, 1.165) is 46.6 Å². The Labute approximate surface area is 170 Å². The average molecular weight is 487 g/mol. The van der Waals surface area contributed by atoms with Crippen LogP contribution in [-0.4, -0.2) is 51.8 Å². The van der Waals surface area contributed by atoms with Gasteiger partial charge in [-0.15, -0.1) is 0 Å². The van der Waals surface area contributed by atoms with Crippen molar-refractivity contribution in [2.75, 3.05) is 11.6 Å². The van der Waals surface area contributed by atoms with Gasteiger partial charge in [-0.25, -0.2) is 0 Å². The number of pyridine rings is 1. The number of aldehydes is 1. The quantitative estimate of drug-likeness (QED) is 0.137. The van der Waals surface area contributed by atoms with Gasteiger partial charge >= 0.3 is 171 Å². The zero-order chi connectivity index (χ0) is 19.6. The summed E-state index contributed by atoms with van der Waals surface area (Å²) in [4.78, 5) is 40.3. The minimum atomic E-state index is -0.205. The molecule has 150 valence electrons. The fourth-order valence-electron chi connectivity index (χ4n) is 2.94. The summed E-state index contributed by atoms with van der Waals surface area (Å²) >= 11 is -0.205. The van der Waals surface area contributed by atoms with Crippen LogP contribution in [0, 0.1) is 0 Å². The summed E-state index contributed by atoms with van der Waals surface area (Å²) < 4.78 is 1.65. The van der Waals surface area contributed by atoms with E-state index in [0.29, 0.717) is 12.1 Å². The first kappa shape index (κ1) is 21.6. The van der Waals surface area contributed by atoms with Crippen LogP contribution < -0.4 is 31.8 Å². The second-order valence-corrected chi connectivity index (χ2v) is 9.34. The van der Waals surface area contributed by atoms with Gasteiger partial charge in [0.2, 0.25) is 0 Å². The second-order valence-electron chi connectivity index (χ2n) is 6.82. The van der Waals surface area contributed by atoms with E-state index >= 15 is 0 Å². The van der Waals surface area contributed by atoms with Crippen molar-refractivity contribution in [3.63, 3.8) is 0 Å². The second kappa shape index (κ2) is 11.2. The van der Waals surface area contributed by atoms with Crippen molar-refractivity contribution in [3.8, 4) is 0 Å². The Morgan fingerprint density at radius 3 is 2.81 bits per heavy atom. The third kappa shape index (κ3) is 7.43. The fraction of sp³-hybridized carbons (Fsp3) is 0.579. The Morgan fingerprint density at radius 1 is 1.30 bits per heavy atom. The van der Waals surface area contributed by atoms with E-state index < -0.39 is 0 Å². The molecule has 0 aliphatic carbocycles. The van der Waals surface area contributed by atoms with Gasteiger partial charge < -0.3 is 0 Å². The van der Waals surface area contributed by atoms with Gasteiger partial charge in [-0.2, -0.15) is 0 Å². The molecule has 1 saturated heterocycles. The van der Waals surface area contributed by atoms with Gasteiger partial charge in [0, 0.05) is 0 Å². The Morgan fingerprint density at radius 2 is 2.11 bits per heavy atom.